The summed E-state index contributed by atoms with van der Waals surface area (Å²) >= 11 is 0. The molecule has 2 heterocycles. The molecule has 0 aliphatic rings. The van der Waals surface area contributed by atoms with Crippen LogP contribution in [0.15, 0.2) is 53.1 Å². The second-order valence-corrected chi connectivity index (χ2v) is 7.59. The molecule has 2 N–H and O–H groups in total. The number of benzene rings is 2. The van der Waals surface area contributed by atoms with E-state index in [4.69, 9.17) is 19.6 Å². The van der Waals surface area contributed by atoms with Gasteiger partial charge in [0, 0.05) is 40.9 Å². The van der Waals surface area contributed by atoms with Gasteiger partial charge in [-0.1, -0.05) is 12.1 Å². The quantitative estimate of drug-likeness (QED) is 0.404. The third-order valence-electron chi connectivity index (χ3n) is 5.27. The summed E-state index contributed by atoms with van der Waals surface area (Å²) in [5.74, 6) is -0.443. The second kappa shape index (κ2) is 9.38. The van der Waals surface area contributed by atoms with Gasteiger partial charge in [0.1, 0.15) is 17.9 Å². The average molecular weight is 452 g/mol. The summed E-state index contributed by atoms with van der Waals surface area (Å²) in [6.45, 7) is 1.94. The fourth-order valence-electron chi connectivity index (χ4n) is 3.64. The Morgan fingerprint density at radius 1 is 1.12 bits per heavy atom. The Bertz CT molecular complexity index is 1330. The zero-order valence-electron chi connectivity index (χ0n) is 18.2. The van der Waals surface area contributed by atoms with Gasteiger partial charge in [-0.3, -0.25) is 9.78 Å². The molecule has 0 bridgehead atoms. The SMILES string of the molecule is COC(=O)Cc1ccc(C)cc1OCc1cc(-c2ccnc(CN)c2F)c2oc(F)cc2c1. The number of esters is 1. The first-order valence-corrected chi connectivity index (χ1v) is 10.2. The number of rotatable bonds is 7. The number of pyridine rings is 1. The zero-order valence-corrected chi connectivity index (χ0v) is 18.2. The van der Waals surface area contributed by atoms with E-state index in [9.17, 15) is 13.6 Å². The molecule has 0 amide bonds. The number of aromatic nitrogens is 1. The van der Waals surface area contributed by atoms with Gasteiger partial charge in [-0.2, -0.15) is 4.39 Å². The molecule has 0 saturated carbocycles. The molecule has 0 spiro atoms. The number of ether oxygens (including phenoxy) is 2. The van der Waals surface area contributed by atoms with E-state index in [0.29, 0.717) is 27.8 Å². The third kappa shape index (κ3) is 4.70. The van der Waals surface area contributed by atoms with E-state index < -0.39 is 11.8 Å². The second-order valence-electron chi connectivity index (χ2n) is 7.59. The van der Waals surface area contributed by atoms with E-state index in [-0.39, 0.29) is 42.4 Å². The Labute approximate surface area is 188 Å². The summed E-state index contributed by atoms with van der Waals surface area (Å²) in [5.41, 5.74) is 8.76. The minimum absolute atomic E-state index is 0.0629. The van der Waals surface area contributed by atoms with Crippen LogP contribution < -0.4 is 10.5 Å². The van der Waals surface area contributed by atoms with E-state index in [0.717, 1.165) is 5.56 Å². The third-order valence-corrected chi connectivity index (χ3v) is 5.27. The predicted molar refractivity (Wildman–Crippen MR) is 118 cm³/mol. The number of hydrogen-bond acceptors (Lipinski definition) is 6. The van der Waals surface area contributed by atoms with Crippen molar-refractivity contribution in [1.29, 1.82) is 0 Å². The first-order chi connectivity index (χ1) is 15.9. The molecule has 170 valence electrons. The van der Waals surface area contributed by atoms with Gasteiger partial charge in [0.05, 0.1) is 19.2 Å². The number of hydrogen-bond donors (Lipinski definition) is 1. The molecule has 0 aliphatic heterocycles. The topological polar surface area (TPSA) is 87.6 Å². The molecule has 0 fully saturated rings. The molecule has 4 aromatic rings. The highest BCUT2D eigenvalue weighted by atomic mass is 19.1. The Balaban J connectivity index is 1.72. The normalized spacial score (nSPS) is 11.1. The first-order valence-electron chi connectivity index (χ1n) is 10.2. The minimum Gasteiger partial charge on any atom is -0.489 e. The largest absolute Gasteiger partial charge is 0.489 e. The summed E-state index contributed by atoms with van der Waals surface area (Å²) in [4.78, 5) is 15.7. The minimum atomic E-state index is -0.781. The van der Waals surface area contributed by atoms with Crippen molar-refractivity contribution in [2.45, 2.75) is 26.5 Å². The highest BCUT2D eigenvalue weighted by Gasteiger charge is 2.18. The van der Waals surface area contributed by atoms with E-state index in [2.05, 4.69) is 4.98 Å². The highest BCUT2D eigenvalue weighted by molar-refractivity contribution is 5.93. The van der Waals surface area contributed by atoms with Crippen molar-refractivity contribution in [3.63, 3.8) is 0 Å². The fourth-order valence-corrected chi connectivity index (χ4v) is 3.64. The van der Waals surface area contributed by atoms with Crippen molar-refractivity contribution in [2.75, 3.05) is 7.11 Å². The lowest BCUT2D eigenvalue weighted by atomic mass is 10.00. The molecule has 2 aromatic carbocycles. The van der Waals surface area contributed by atoms with Gasteiger partial charge in [-0.15, -0.1) is 0 Å². The molecule has 33 heavy (non-hydrogen) atoms. The average Bonchev–Trinajstić information content (AvgIpc) is 3.18. The summed E-state index contributed by atoms with van der Waals surface area (Å²) in [7, 11) is 1.33. The number of furan rings is 1. The maximum atomic E-state index is 15.0. The Hall–Kier alpha value is -3.78. The van der Waals surface area contributed by atoms with Crippen LogP contribution >= 0.6 is 0 Å². The fraction of sp³-hybridized carbons (Fsp3) is 0.200. The van der Waals surface area contributed by atoms with Crippen LogP contribution in [0.5, 0.6) is 5.75 Å². The molecule has 8 heteroatoms. The number of nitrogens with zero attached hydrogens (tertiary/aromatic N) is 1. The van der Waals surface area contributed by atoms with Crippen LogP contribution in [-0.4, -0.2) is 18.1 Å². The molecular weight excluding hydrogens is 430 g/mol. The lowest BCUT2D eigenvalue weighted by molar-refractivity contribution is -0.139. The van der Waals surface area contributed by atoms with Gasteiger partial charge in [0.15, 0.2) is 5.82 Å². The lowest BCUT2D eigenvalue weighted by Gasteiger charge is -2.14. The van der Waals surface area contributed by atoms with Crippen molar-refractivity contribution >= 4 is 16.9 Å². The number of aryl methyl sites for hydroxylation is 1. The van der Waals surface area contributed by atoms with Crippen molar-refractivity contribution in [1.82, 2.24) is 4.98 Å². The lowest BCUT2D eigenvalue weighted by Crippen LogP contribution is -2.07. The molecule has 0 saturated heterocycles. The Morgan fingerprint density at radius 3 is 2.70 bits per heavy atom. The molecule has 6 nitrogen and oxygen atoms in total. The number of carbonyl (C=O) groups is 1. The van der Waals surface area contributed by atoms with Gasteiger partial charge in [-0.05, 0) is 42.3 Å². The molecule has 4 rings (SSSR count). The standard InChI is InChI=1S/C25H22F2N2O4/c1-14-3-4-16(11-23(30)31-2)21(7-14)32-13-15-8-17-10-22(26)33-25(17)19(9-15)18-5-6-29-20(12-28)24(18)27/h3-10H,11-13,28H2,1-2H3. The van der Waals surface area contributed by atoms with Crippen LogP contribution in [-0.2, 0) is 29.1 Å². The first kappa shape index (κ1) is 22.4. The van der Waals surface area contributed by atoms with Gasteiger partial charge in [0.2, 0.25) is 0 Å². The summed E-state index contributed by atoms with van der Waals surface area (Å²) < 4.78 is 44.9. The van der Waals surface area contributed by atoms with Crippen molar-refractivity contribution in [2.24, 2.45) is 5.73 Å². The number of nitrogens with two attached hydrogens (primary N) is 1. The number of fused-ring (bicyclic) bond motifs is 1. The van der Waals surface area contributed by atoms with Gasteiger partial charge in [0.25, 0.3) is 6.01 Å². The predicted octanol–water partition coefficient (Wildman–Crippen LogP) is 4.83. The van der Waals surface area contributed by atoms with Crippen LogP contribution in [0.4, 0.5) is 8.78 Å². The number of halogens is 2. The number of methoxy groups -OCH3 is 1. The monoisotopic (exact) mass is 452 g/mol. The maximum Gasteiger partial charge on any atom is 0.310 e. The van der Waals surface area contributed by atoms with Gasteiger partial charge >= 0.3 is 5.97 Å². The summed E-state index contributed by atoms with van der Waals surface area (Å²) in [6, 6.07) is 10.9. The van der Waals surface area contributed by atoms with E-state index in [1.807, 2.05) is 25.1 Å². The van der Waals surface area contributed by atoms with Gasteiger partial charge in [-0.25, -0.2) is 4.39 Å². The Kier molecular flexibility index (Phi) is 6.37. The van der Waals surface area contributed by atoms with Gasteiger partial charge < -0.3 is 19.6 Å². The maximum absolute atomic E-state index is 15.0. The number of carbonyl (C=O) groups excluding carboxylic acids is 1. The zero-order chi connectivity index (χ0) is 23.5. The van der Waals surface area contributed by atoms with Crippen LogP contribution in [0, 0.1) is 18.8 Å². The highest BCUT2D eigenvalue weighted by Crippen LogP contribution is 2.34. The molecule has 0 radical (unpaired) electrons. The van der Waals surface area contributed by atoms with Crippen LogP contribution in [0.1, 0.15) is 22.4 Å². The van der Waals surface area contributed by atoms with E-state index >= 15 is 0 Å². The summed E-state index contributed by atoms with van der Waals surface area (Å²) in [6.07, 6.45) is 1.51. The molecular formula is C25H22F2N2O4. The smallest absolute Gasteiger partial charge is 0.310 e. The molecule has 0 atom stereocenters. The van der Waals surface area contributed by atoms with Crippen LogP contribution in [0.3, 0.4) is 0 Å². The Morgan fingerprint density at radius 2 is 1.94 bits per heavy atom. The molecule has 2 aromatic heterocycles. The molecule has 0 aliphatic carbocycles. The van der Waals surface area contributed by atoms with Crippen molar-refractivity contribution < 1.29 is 27.5 Å². The molecule has 0 unspecified atom stereocenters. The van der Waals surface area contributed by atoms with Crippen molar-refractivity contribution in [3.8, 4) is 16.9 Å². The van der Waals surface area contributed by atoms with Crippen molar-refractivity contribution in [3.05, 3.63) is 82.9 Å². The van der Waals surface area contributed by atoms with E-state index in [1.54, 1.807) is 12.1 Å². The van der Waals surface area contributed by atoms with Crippen LogP contribution in [0.25, 0.3) is 22.1 Å². The van der Waals surface area contributed by atoms with E-state index in [1.165, 1.54) is 25.4 Å². The summed E-state index contributed by atoms with van der Waals surface area (Å²) in [5, 5.41) is 0.466. The van der Waals surface area contributed by atoms with Crippen LogP contribution in [0.2, 0.25) is 0 Å².